The molecule has 2 heterocycles. The van der Waals surface area contributed by atoms with Crippen LogP contribution in [-0.2, 0) is 4.79 Å². The molecule has 0 bridgehead atoms. The first-order chi connectivity index (χ1) is 11.7. The number of carbonyl (C=O) groups is 1. The molecule has 0 aliphatic carbocycles. The van der Waals surface area contributed by atoms with Crippen molar-refractivity contribution in [2.24, 2.45) is 0 Å². The van der Waals surface area contributed by atoms with E-state index in [0.717, 1.165) is 27.5 Å². The minimum Gasteiger partial charge on any atom is -0.368 e. The first-order valence-electron chi connectivity index (χ1n) is 7.44. The average Bonchev–Trinajstić information content (AvgIpc) is 3.09. The molecule has 0 N–H and O–H groups in total. The van der Waals surface area contributed by atoms with Crippen molar-refractivity contribution in [2.75, 3.05) is 43.1 Å². The van der Waals surface area contributed by atoms with Crippen molar-refractivity contribution in [1.82, 2.24) is 15.1 Å². The summed E-state index contributed by atoms with van der Waals surface area (Å²) >= 11 is 4.51. The lowest BCUT2D eigenvalue weighted by atomic mass is 10.2. The molecule has 1 saturated heterocycles. The molecule has 1 amide bonds. The van der Waals surface area contributed by atoms with Crippen LogP contribution < -0.4 is 4.90 Å². The molecule has 0 atom stereocenters. The Bertz CT molecular complexity index is 686. The summed E-state index contributed by atoms with van der Waals surface area (Å²) in [5.41, 5.74) is 0.997. The van der Waals surface area contributed by atoms with E-state index < -0.39 is 0 Å². The van der Waals surface area contributed by atoms with Gasteiger partial charge in [0.15, 0.2) is 8.68 Å². The summed E-state index contributed by atoms with van der Waals surface area (Å²) in [6.07, 6.45) is 1.96. The van der Waals surface area contributed by atoms with E-state index in [1.807, 2.05) is 11.2 Å². The molecule has 0 saturated carbocycles. The Kier molecular flexibility index (Phi) is 5.96. The predicted molar refractivity (Wildman–Crippen MR) is 97.6 cm³/mol. The number of nitrogens with zero attached hydrogens (tertiary/aromatic N) is 4. The second-order valence-electron chi connectivity index (χ2n) is 5.17. The summed E-state index contributed by atoms with van der Waals surface area (Å²) in [4.78, 5) is 16.4. The molecule has 1 aromatic carbocycles. The Balaban J connectivity index is 1.47. The summed E-state index contributed by atoms with van der Waals surface area (Å²) in [6.45, 7) is 2.89. The Labute approximate surface area is 152 Å². The third-order valence-corrected chi connectivity index (χ3v) is 6.72. The quantitative estimate of drug-likeness (QED) is 0.739. The van der Waals surface area contributed by atoms with Crippen LogP contribution in [0.15, 0.2) is 32.9 Å². The van der Waals surface area contributed by atoms with Crippen LogP contribution in [0.1, 0.15) is 0 Å². The number of carbonyl (C=O) groups excluding carboxylic acids is 1. The normalized spacial score (nSPS) is 14.9. The lowest BCUT2D eigenvalue weighted by molar-refractivity contribution is -0.128. The zero-order valence-corrected chi connectivity index (χ0v) is 15.6. The molecule has 24 heavy (non-hydrogen) atoms. The third-order valence-electron chi connectivity index (χ3n) is 3.71. The molecule has 2 aromatic rings. The maximum absolute atomic E-state index is 13.0. The Morgan fingerprint density at radius 1 is 1.17 bits per heavy atom. The molecule has 9 heteroatoms. The van der Waals surface area contributed by atoms with Crippen molar-refractivity contribution in [3.63, 3.8) is 0 Å². The molecule has 1 aliphatic heterocycles. The second kappa shape index (κ2) is 8.17. The van der Waals surface area contributed by atoms with E-state index >= 15 is 0 Å². The van der Waals surface area contributed by atoms with Gasteiger partial charge in [0.1, 0.15) is 5.82 Å². The number of anilines is 1. The van der Waals surface area contributed by atoms with Crippen LogP contribution in [0.3, 0.4) is 0 Å². The molecular weight excluding hydrogens is 367 g/mol. The zero-order chi connectivity index (χ0) is 16.9. The second-order valence-corrected chi connectivity index (χ2v) is 8.42. The van der Waals surface area contributed by atoms with Gasteiger partial charge in [-0.1, -0.05) is 34.9 Å². The van der Waals surface area contributed by atoms with E-state index in [-0.39, 0.29) is 11.7 Å². The lowest BCUT2D eigenvalue weighted by Gasteiger charge is -2.36. The fourth-order valence-corrected chi connectivity index (χ4v) is 4.76. The fourth-order valence-electron chi connectivity index (χ4n) is 2.42. The van der Waals surface area contributed by atoms with Gasteiger partial charge in [0, 0.05) is 31.9 Å². The summed E-state index contributed by atoms with van der Waals surface area (Å²) in [6, 6.07) is 6.49. The number of hydrogen-bond donors (Lipinski definition) is 0. The molecule has 5 nitrogen and oxygen atoms in total. The van der Waals surface area contributed by atoms with Crippen molar-refractivity contribution in [1.29, 1.82) is 0 Å². The van der Waals surface area contributed by atoms with Crippen LogP contribution in [0.2, 0.25) is 0 Å². The van der Waals surface area contributed by atoms with E-state index in [0.29, 0.717) is 18.8 Å². The van der Waals surface area contributed by atoms with E-state index in [9.17, 15) is 9.18 Å². The van der Waals surface area contributed by atoms with Crippen molar-refractivity contribution >= 4 is 46.5 Å². The standard InChI is InChI=1S/C15H17FN4OS3/c1-22-14-17-18-15(24-14)23-10-13(21)20-8-6-19(7-9-20)12-4-2-11(16)3-5-12/h2-5H,6-10H2,1H3. The van der Waals surface area contributed by atoms with Crippen LogP contribution in [0.5, 0.6) is 0 Å². The summed E-state index contributed by atoms with van der Waals surface area (Å²) < 4.78 is 14.7. The minimum absolute atomic E-state index is 0.125. The van der Waals surface area contributed by atoms with Gasteiger partial charge in [-0.25, -0.2) is 4.39 Å². The number of amides is 1. The van der Waals surface area contributed by atoms with E-state index in [1.165, 1.54) is 35.2 Å². The first kappa shape index (κ1) is 17.5. The first-order valence-corrected chi connectivity index (χ1v) is 10.5. The molecule has 0 unspecified atom stereocenters. The van der Waals surface area contributed by atoms with Gasteiger partial charge in [-0.2, -0.15) is 0 Å². The van der Waals surface area contributed by atoms with Crippen LogP contribution >= 0.6 is 34.9 Å². The van der Waals surface area contributed by atoms with Gasteiger partial charge in [-0.05, 0) is 30.5 Å². The Hall–Kier alpha value is -1.32. The van der Waals surface area contributed by atoms with Crippen LogP contribution in [-0.4, -0.2) is 59.2 Å². The van der Waals surface area contributed by atoms with Gasteiger partial charge in [-0.15, -0.1) is 10.2 Å². The highest BCUT2D eigenvalue weighted by Gasteiger charge is 2.21. The van der Waals surface area contributed by atoms with Crippen LogP contribution in [0.4, 0.5) is 10.1 Å². The molecule has 1 fully saturated rings. The molecule has 0 radical (unpaired) electrons. The van der Waals surface area contributed by atoms with E-state index in [2.05, 4.69) is 15.1 Å². The zero-order valence-electron chi connectivity index (χ0n) is 13.1. The highest BCUT2D eigenvalue weighted by atomic mass is 32.2. The predicted octanol–water partition coefficient (Wildman–Crippen LogP) is 2.84. The maximum Gasteiger partial charge on any atom is 0.233 e. The lowest BCUT2D eigenvalue weighted by Crippen LogP contribution is -2.49. The number of aromatic nitrogens is 2. The van der Waals surface area contributed by atoms with Gasteiger partial charge in [-0.3, -0.25) is 4.79 Å². The van der Waals surface area contributed by atoms with Crippen molar-refractivity contribution in [2.45, 2.75) is 8.68 Å². The molecule has 1 aromatic heterocycles. The van der Waals surface area contributed by atoms with Crippen molar-refractivity contribution in [3.8, 4) is 0 Å². The fraction of sp³-hybridized carbons (Fsp3) is 0.400. The topological polar surface area (TPSA) is 49.3 Å². The number of thioether (sulfide) groups is 2. The molecule has 128 valence electrons. The Morgan fingerprint density at radius 2 is 1.83 bits per heavy atom. The van der Waals surface area contributed by atoms with Crippen molar-refractivity contribution < 1.29 is 9.18 Å². The van der Waals surface area contributed by atoms with E-state index in [1.54, 1.807) is 23.9 Å². The van der Waals surface area contributed by atoms with Gasteiger partial charge in [0.25, 0.3) is 0 Å². The van der Waals surface area contributed by atoms with Crippen LogP contribution in [0, 0.1) is 5.82 Å². The number of halogens is 1. The van der Waals surface area contributed by atoms with Crippen molar-refractivity contribution in [3.05, 3.63) is 30.1 Å². The largest absolute Gasteiger partial charge is 0.368 e. The van der Waals surface area contributed by atoms with Gasteiger partial charge >= 0.3 is 0 Å². The Morgan fingerprint density at radius 3 is 2.46 bits per heavy atom. The number of piperazine rings is 1. The monoisotopic (exact) mass is 384 g/mol. The van der Waals surface area contributed by atoms with Gasteiger partial charge in [0.05, 0.1) is 5.75 Å². The smallest absolute Gasteiger partial charge is 0.233 e. The highest BCUT2D eigenvalue weighted by molar-refractivity contribution is 8.03. The summed E-state index contributed by atoms with van der Waals surface area (Å²) in [5.74, 6) is 0.282. The number of rotatable bonds is 5. The highest BCUT2D eigenvalue weighted by Crippen LogP contribution is 2.27. The minimum atomic E-state index is -0.231. The summed E-state index contributed by atoms with van der Waals surface area (Å²) in [7, 11) is 0. The van der Waals surface area contributed by atoms with Crippen LogP contribution in [0.25, 0.3) is 0 Å². The van der Waals surface area contributed by atoms with Gasteiger partial charge in [0.2, 0.25) is 5.91 Å². The summed E-state index contributed by atoms with van der Waals surface area (Å²) in [5, 5.41) is 8.09. The van der Waals surface area contributed by atoms with Gasteiger partial charge < -0.3 is 9.80 Å². The maximum atomic E-state index is 13.0. The number of hydrogen-bond acceptors (Lipinski definition) is 7. The number of benzene rings is 1. The molecule has 0 spiro atoms. The van der Waals surface area contributed by atoms with E-state index in [4.69, 9.17) is 0 Å². The molecule has 1 aliphatic rings. The molecular formula is C15H17FN4OS3. The SMILES string of the molecule is CSc1nnc(SCC(=O)N2CCN(c3ccc(F)cc3)CC2)s1. The molecule has 3 rings (SSSR count). The average molecular weight is 385 g/mol. The third kappa shape index (κ3) is 4.40.